The highest BCUT2D eigenvalue weighted by atomic mass is 32.2. The van der Waals surface area contributed by atoms with Crippen molar-refractivity contribution in [1.29, 1.82) is 5.26 Å². The number of nitriles is 1. The van der Waals surface area contributed by atoms with Gasteiger partial charge in [0.15, 0.2) is 5.13 Å². The van der Waals surface area contributed by atoms with Crippen molar-refractivity contribution >= 4 is 44.4 Å². The molecule has 4 rings (SSSR count). The van der Waals surface area contributed by atoms with Gasteiger partial charge in [-0.15, -0.1) is 0 Å². The number of anilines is 1. The number of aromatic nitrogens is 2. The lowest BCUT2D eigenvalue weighted by atomic mass is 9.95. The summed E-state index contributed by atoms with van der Waals surface area (Å²) in [4.78, 5) is 22.3. The molecule has 0 radical (unpaired) electrons. The third-order valence-electron chi connectivity index (χ3n) is 5.20. The van der Waals surface area contributed by atoms with E-state index in [-0.39, 0.29) is 11.2 Å². The molecule has 0 fully saturated rings. The lowest BCUT2D eigenvalue weighted by molar-refractivity contribution is -0.115. The number of pyridine rings is 1. The average Bonchev–Trinajstić information content (AvgIpc) is 3.18. The van der Waals surface area contributed by atoms with Gasteiger partial charge in [-0.3, -0.25) is 4.79 Å². The van der Waals surface area contributed by atoms with Crippen molar-refractivity contribution in [3.05, 3.63) is 41.1 Å². The molecule has 1 aliphatic carbocycles. The number of carbonyl (C=O) groups is 1. The minimum atomic E-state index is -0.354. The molecule has 0 spiro atoms. The first kappa shape index (κ1) is 21.6. The minimum Gasteiger partial charge on any atom is -0.494 e. The molecule has 8 heteroatoms. The number of thioether (sulfide) groups is 1. The molecule has 1 aliphatic rings. The van der Waals surface area contributed by atoms with Crippen LogP contribution in [0.25, 0.3) is 10.2 Å². The van der Waals surface area contributed by atoms with Crippen LogP contribution in [0.2, 0.25) is 0 Å². The largest absolute Gasteiger partial charge is 0.494 e. The van der Waals surface area contributed by atoms with Crippen LogP contribution in [0, 0.1) is 11.3 Å². The van der Waals surface area contributed by atoms with Gasteiger partial charge >= 0.3 is 0 Å². The third kappa shape index (κ3) is 4.83. The van der Waals surface area contributed by atoms with Gasteiger partial charge in [0.1, 0.15) is 16.8 Å². The van der Waals surface area contributed by atoms with E-state index in [1.54, 1.807) is 0 Å². The number of nitrogens with zero attached hydrogens (tertiary/aromatic N) is 3. The maximum atomic E-state index is 13.0. The van der Waals surface area contributed by atoms with Gasteiger partial charge in [0.05, 0.1) is 27.6 Å². The summed E-state index contributed by atoms with van der Waals surface area (Å²) in [6.07, 6.45) is 4.80. The second kappa shape index (κ2) is 9.67. The number of rotatable bonds is 7. The normalized spacial score (nSPS) is 14.0. The summed E-state index contributed by atoms with van der Waals surface area (Å²) in [6.45, 7) is 4.51. The number of hydrogen-bond acceptors (Lipinski definition) is 7. The minimum absolute atomic E-state index is 0.125. The van der Waals surface area contributed by atoms with E-state index in [1.807, 2.05) is 38.1 Å². The van der Waals surface area contributed by atoms with Crippen molar-refractivity contribution in [1.82, 2.24) is 9.97 Å². The topological polar surface area (TPSA) is 87.9 Å². The van der Waals surface area contributed by atoms with Crippen molar-refractivity contribution < 1.29 is 9.53 Å². The Balaban J connectivity index is 1.51. The first-order valence-corrected chi connectivity index (χ1v) is 12.2. The van der Waals surface area contributed by atoms with Gasteiger partial charge < -0.3 is 10.1 Å². The third-order valence-corrected chi connectivity index (χ3v) is 7.50. The fourth-order valence-electron chi connectivity index (χ4n) is 3.64. The zero-order chi connectivity index (χ0) is 21.8. The molecule has 1 amide bonds. The van der Waals surface area contributed by atoms with Gasteiger partial charge in [0, 0.05) is 5.69 Å². The van der Waals surface area contributed by atoms with E-state index in [4.69, 9.17) is 9.72 Å². The van der Waals surface area contributed by atoms with Crippen LogP contribution in [-0.2, 0) is 17.6 Å². The van der Waals surface area contributed by atoms with Gasteiger partial charge in [-0.2, -0.15) is 5.26 Å². The van der Waals surface area contributed by atoms with E-state index in [0.717, 1.165) is 47.3 Å². The number of aryl methyl sites for hydroxylation is 2. The number of nitrogens with one attached hydrogen (secondary N) is 1. The van der Waals surface area contributed by atoms with Gasteiger partial charge in [0.25, 0.3) is 0 Å². The molecular weight excluding hydrogens is 428 g/mol. The zero-order valence-electron chi connectivity index (χ0n) is 17.6. The molecular formula is C23H24N4O2S2. The predicted molar refractivity (Wildman–Crippen MR) is 125 cm³/mol. The molecule has 2 aromatic heterocycles. The molecule has 1 N–H and O–H groups in total. The van der Waals surface area contributed by atoms with Crippen LogP contribution in [0.4, 0.5) is 5.13 Å². The van der Waals surface area contributed by atoms with Crippen molar-refractivity contribution in [3.63, 3.8) is 0 Å². The molecule has 1 atom stereocenters. The van der Waals surface area contributed by atoms with E-state index in [9.17, 15) is 10.1 Å². The Morgan fingerprint density at radius 2 is 2.13 bits per heavy atom. The molecule has 2 heterocycles. The standard InChI is InChI=1S/C23H24N4O2S2/c1-3-19(30-22-15(13-24)11-14-7-5-6-8-17(14)25-22)21(28)27-23-26-18-10-9-16(29-4-2)12-20(18)31-23/h9-12,19H,3-8H2,1-2H3,(H,26,27,28). The predicted octanol–water partition coefficient (Wildman–Crippen LogP) is 5.35. The number of carbonyl (C=O) groups excluding carboxylic acids is 1. The van der Waals surface area contributed by atoms with Crippen molar-refractivity contribution in [2.24, 2.45) is 0 Å². The first-order chi connectivity index (χ1) is 15.1. The average molecular weight is 453 g/mol. The number of fused-ring (bicyclic) bond motifs is 2. The Hall–Kier alpha value is -2.63. The second-order valence-electron chi connectivity index (χ2n) is 7.35. The second-order valence-corrected chi connectivity index (χ2v) is 9.57. The van der Waals surface area contributed by atoms with Gasteiger partial charge in [0.2, 0.25) is 5.91 Å². The highest BCUT2D eigenvalue weighted by Gasteiger charge is 2.23. The zero-order valence-corrected chi connectivity index (χ0v) is 19.2. The summed E-state index contributed by atoms with van der Waals surface area (Å²) in [5, 5.41) is 13.4. The Morgan fingerprint density at radius 3 is 2.90 bits per heavy atom. The van der Waals surface area contributed by atoms with E-state index in [2.05, 4.69) is 16.4 Å². The molecule has 0 saturated carbocycles. The van der Waals surface area contributed by atoms with Gasteiger partial charge in [-0.05, 0) is 68.9 Å². The number of amides is 1. The van der Waals surface area contributed by atoms with Crippen LogP contribution in [0.3, 0.4) is 0 Å². The van der Waals surface area contributed by atoms with Crippen molar-refractivity contribution in [3.8, 4) is 11.8 Å². The maximum Gasteiger partial charge on any atom is 0.239 e. The van der Waals surface area contributed by atoms with Crippen LogP contribution >= 0.6 is 23.1 Å². The van der Waals surface area contributed by atoms with Crippen LogP contribution < -0.4 is 10.1 Å². The summed E-state index contributed by atoms with van der Waals surface area (Å²) < 4.78 is 6.51. The molecule has 1 unspecified atom stereocenters. The molecule has 160 valence electrons. The lowest BCUT2D eigenvalue weighted by Crippen LogP contribution is -2.25. The van der Waals surface area contributed by atoms with Crippen LogP contribution in [-0.4, -0.2) is 27.7 Å². The first-order valence-electron chi connectivity index (χ1n) is 10.5. The van der Waals surface area contributed by atoms with Crippen LogP contribution in [0.15, 0.2) is 29.3 Å². The lowest BCUT2D eigenvalue weighted by Gasteiger charge is -2.18. The van der Waals surface area contributed by atoms with Gasteiger partial charge in [-0.25, -0.2) is 9.97 Å². The maximum absolute atomic E-state index is 13.0. The van der Waals surface area contributed by atoms with Crippen LogP contribution in [0.5, 0.6) is 5.75 Å². The summed E-state index contributed by atoms with van der Waals surface area (Å²) in [6, 6.07) is 9.93. The summed E-state index contributed by atoms with van der Waals surface area (Å²) in [5.41, 5.74) is 3.62. The Kier molecular flexibility index (Phi) is 6.73. The summed E-state index contributed by atoms with van der Waals surface area (Å²) >= 11 is 2.79. The number of benzene rings is 1. The molecule has 6 nitrogen and oxygen atoms in total. The fraction of sp³-hybridized carbons (Fsp3) is 0.391. The van der Waals surface area contributed by atoms with Gasteiger partial charge in [-0.1, -0.05) is 30.0 Å². The summed E-state index contributed by atoms with van der Waals surface area (Å²) in [5.74, 6) is 0.668. The Bertz CT molecular complexity index is 1150. The van der Waals surface area contributed by atoms with E-state index < -0.39 is 0 Å². The number of thiazole rings is 1. The molecule has 1 aromatic carbocycles. The molecule has 0 saturated heterocycles. The highest BCUT2D eigenvalue weighted by Crippen LogP contribution is 2.33. The quantitative estimate of drug-likeness (QED) is 0.486. The van der Waals surface area contributed by atoms with Crippen molar-refractivity contribution in [2.75, 3.05) is 11.9 Å². The molecule has 31 heavy (non-hydrogen) atoms. The van der Waals surface area contributed by atoms with E-state index in [0.29, 0.717) is 28.7 Å². The monoisotopic (exact) mass is 452 g/mol. The number of hydrogen-bond donors (Lipinski definition) is 1. The van der Waals surface area contributed by atoms with Crippen molar-refractivity contribution in [2.45, 2.75) is 56.2 Å². The Morgan fingerprint density at radius 1 is 1.29 bits per heavy atom. The molecule has 0 bridgehead atoms. The smallest absolute Gasteiger partial charge is 0.239 e. The molecule has 0 aliphatic heterocycles. The molecule has 3 aromatic rings. The fourth-order valence-corrected chi connectivity index (χ4v) is 5.54. The highest BCUT2D eigenvalue weighted by molar-refractivity contribution is 8.00. The van der Waals surface area contributed by atoms with E-state index in [1.165, 1.54) is 28.7 Å². The number of ether oxygens (including phenoxy) is 1. The Labute approximate surface area is 190 Å². The van der Waals surface area contributed by atoms with Crippen LogP contribution in [0.1, 0.15) is 49.9 Å². The van der Waals surface area contributed by atoms with E-state index >= 15 is 0 Å². The summed E-state index contributed by atoms with van der Waals surface area (Å²) in [7, 11) is 0. The SMILES string of the molecule is CCOc1ccc2nc(NC(=O)C(CC)Sc3nc4c(cc3C#N)CCCC4)sc2c1.